The predicted octanol–water partition coefficient (Wildman–Crippen LogP) is 2.83. The first-order chi connectivity index (χ1) is 13.2. The van der Waals surface area contributed by atoms with Crippen LogP contribution < -0.4 is 14.8 Å². The molecule has 0 radical (unpaired) electrons. The van der Waals surface area contributed by atoms with Crippen LogP contribution in [0.3, 0.4) is 0 Å². The number of alkyl halides is 3. The van der Waals surface area contributed by atoms with E-state index in [1.165, 1.54) is 53.1 Å². The second-order valence-corrected chi connectivity index (χ2v) is 8.87. The van der Waals surface area contributed by atoms with Crippen molar-refractivity contribution in [1.82, 2.24) is 14.5 Å². The SMILES string of the molecule is CNS(=O)(=O)c1ccc(NC(=O)c2cnn(C(C)(C)C)c2C(F)(F)F)cc1OC. The number of nitrogens with zero attached hydrogens (tertiary/aromatic N) is 2. The summed E-state index contributed by atoms with van der Waals surface area (Å²) in [5.41, 5.74) is -2.78. The van der Waals surface area contributed by atoms with Gasteiger partial charge in [-0.1, -0.05) is 0 Å². The summed E-state index contributed by atoms with van der Waals surface area (Å²) < 4.78 is 72.6. The highest BCUT2D eigenvalue weighted by molar-refractivity contribution is 7.89. The molecule has 0 spiro atoms. The van der Waals surface area contributed by atoms with Gasteiger partial charge in [0.25, 0.3) is 5.91 Å². The number of ether oxygens (including phenoxy) is 1. The van der Waals surface area contributed by atoms with Gasteiger partial charge in [0.2, 0.25) is 10.0 Å². The fraction of sp³-hybridized carbons (Fsp3) is 0.412. The van der Waals surface area contributed by atoms with E-state index in [1.54, 1.807) is 0 Å². The Balaban J connectivity index is 2.45. The van der Waals surface area contributed by atoms with Crippen LogP contribution in [0.15, 0.2) is 29.3 Å². The number of benzene rings is 1. The summed E-state index contributed by atoms with van der Waals surface area (Å²) in [7, 11) is -1.38. The molecular weight excluding hydrogens is 413 g/mol. The zero-order chi connectivity index (χ0) is 22.2. The summed E-state index contributed by atoms with van der Waals surface area (Å²) >= 11 is 0. The van der Waals surface area contributed by atoms with Crippen molar-refractivity contribution < 1.29 is 31.1 Å². The van der Waals surface area contributed by atoms with Crippen LogP contribution in [0.1, 0.15) is 36.8 Å². The third-order valence-corrected chi connectivity index (χ3v) is 5.35. The summed E-state index contributed by atoms with van der Waals surface area (Å²) in [4.78, 5) is 12.3. The van der Waals surface area contributed by atoms with Gasteiger partial charge in [-0.15, -0.1) is 0 Å². The van der Waals surface area contributed by atoms with Crippen molar-refractivity contribution in [3.05, 3.63) is 35.7 Å². The molecule has 0 atom stereocenters. The van der Waals surface area contributed by atoms with Gasteiger partial charge in [-0.2, -0.15) is 18.3 Å². The molecule has 2 N–H and O–H groups in total. The van der Waals surface area contributed by atoms with E-state index in [4.69, 9.17) is 4.74 Å². The quantitative estimate of drug-likeness (QED) is 0.754. The fourth-order valence-electron chi connectivity index (χ4n) is 2.57. The molecule has 0 aliphatic heterocycles. The highest BCUT2D eigenvalue weighted by Gasteiger charge is 2.42. The van der Waals surface area contributed by atoms with Gasteiger partial charge < -0.3 is 10.1 Å². The lowest BCUT2D eigenvalue weighted by atomic mass is 10.1. The van der Waals surface area contributed by atoms with Gasteiger partial charge >= 0.3 is 6.18 Å². The highest BCUT2D eigenvalue weighted by Crippen LogP contribution is 2.35. The summed E-state index contributed by atoms with van der Waals surface area (Å²) in [6.45, 7) is 4.59. The molecule has 29 heavy (non-hydrogen) atoms. The van der Waals surface area contributed by atoms with Crippen molar-refractivity contribution >= 4 is 21.6 Å². The second kappa shape index (κ2) is 7.67. The van der Waals surface area contributed by atoms with E-state index in [-0.39, 0.29) is 16.3 Å². The Labute approximate surface area is 166 Å². The number of amides is 1. The molecule has 0 aliphatic rings. The van der Waals surface area contributed by atoms with Crippen LogP contribution in [0.5, 0.6) is 5.75 Å². The van der Waals surface area contributed by atoms with Gasteiger partial charge in [0.05, 0.1) is 24.4 Å². The minimum atomic E-state index is -4.81. The van der Waals surface area contributed by atoms with Crippen molar-refractivity contribution in [2.75, 3.05) is 19.5 Å². The highest BCUT2D eigenvalue weighted by atomic mass is 32.2. The zero-order valence-electron chi connectivity index (χ0n) is 16.4. The Morgan fingerprint density at radius 1 is 1.21 bits per heavy atom. The predicted molar refractivity (Wildman–Crippen MR) is 99.4 cm³/mol. The number of anilines is 1. The number of carbonyl (C=O) groups is 1. The van der Waals surface area contributed by atoms with Crippen molar-refractivity contribution in [1.29, 1.82) is 0 Å². The summed E-state index contributed by atoms with van der Waals surface area (Å²) in [5.74, 6) is -1.13. The average Bonchev–Trinajstić information content (AvgIpc) is 3.07. The number of nitrogens with one attached hydrogen (secondary N) is 2. The third kappa shape index (κ3) is 4.70. The maximum absolute atomic E-state index is 13.6. The second-order valence-electron chi connectivity index (χ2n) is 7.01. The molecule has 160 valence electrons. The number of methoxy groups -OCH3 is 1. The normalized spacial score (nSPS) is 12.7. The topological polar surface area (TPSA) is 102 Å². The average molecular weight is 434 g/mol. The van der Waals surface area contributed by atoms with Crippen LogP contribution in [-0.4, -0.2) is 38.3 Å². The van der Waals surface area contributed by atoms with Crippen molar-refractivity contribution in [3.63, 3.8) is 0 Å². The first-order valence-electron chi connectivity index (χ1n) is 8.31. The standard InChI is InChI=1S/C17H21F3N4O4S/c1-16(2,3)24-14(17(18,19)20)11(9-22-24)15(25)23-10-6-7-13(12(8-10)28-5)29(26,27)21-4/h6-9,21H,1-5H3,(H,23,25). The molecule has 0 aliphatic carbocycles. The summed E-state index contributed by atoms with van der Waals surface area (Å²) in [6, 6.07) is 3.61. The van der Waals surface area contributed by atoms with Crippen molar-refractivity contribution in [3.8, 4) is 5.75 Å². The van der Waals surface area contributed by atoms with E-state index >= 15 is 0 Å². The molecule has 1 aromatic carbocycles. The number of rotatable bonds is 5. The van der Waals surface area contributed by atoms with E-state index in [9.17, 15) is 26.4 Å². The van der Waals surface area contributed by atoms with Crippen LogP contribution in [0.4, 0.5) is 18.9 Å². The Kier molecular flexibility index (Phi) is 6.00. The van der Waals surface area contributed by atoms with Crippen molar-refractivity contribution in [2.45, 2.75) is 37.4 Å². The van der Waals surface area contributed by atoms with Gasteiger partial charge in [0.1, 0.15) is 10.6 Å². The first-order valence-corrected chi connectivity index (χ1v) is 9.79. The van der Waals surface area contributed by atoms with Crippen LogP contribution in [-0.2, 0) is 21.7 Å². The minimum Gasteiger partial charge on any atom is -0.495 e. The van der Waals surface area contributed by atoms with Gasteiger partial charge in [0, 0.05) is 11.8 Å². The number of aromatic nitrogens is 2. The largest absolute Gasteiger partial charge is 0.495 e. The summed E-state index contributed by atoms with van der Waals surface area (Å²) in [6.07, 6.45) is -3.96. The van der Waals surface area contributed by atoms with Crippen LogP contribution in [0, 0.1) is 0 Å². The lowest BCUT2D eigenvalue weighted by molar-refractivity contribution is -0.146. The van der Waals surface area contributed by atoms with E-state index < -0.39 is 38.9 Å². The molecule has 1 heterocycles. The molecule has 0 bridgehead atoms. The van der Waals surface area contributed by atoms with E-state index in [0.717, 1.165) is 10.9 Å². The monoisotopic (exact) mass is 434 g/mol. The van der Waals surface area contributed by atoms with E-state index in [0.29, 0.717) is 0 Å². The van der Waals surface area contributed by atoms with E-state index in [2.05, 4.69) is 15.1 Å². The number of carbonyl (C=O) groups excluding carboxylic acids is 1. The van der Waals surface area contributed by atoms with E-state index in [1.807, 2.05) is 0 Å². The molecule has 2 rings (SSSR count). The maximum atomic E-state index is 13.6. The number of hydrogen-bond acceptors (Lipinski definition) is 5. The maximum Gasteiger partial charge on any atom is 0.433 e. The molecule has 0 saturated heterocycles. The Bertz CT molecular complexity index is 1020. The number of sulfonamides is 1. The Morgan fingerprint density at radius 2 is 1.83 bits per heavy atom. The zero-order valence-corrected chi connectivity index (χ0v) is 17.2. The van der Waals surface area contributed by atoms with Gasteiger partial charge in [0.15, 0.2) is 5.69 Å². The molecule has 1 amide bonds. The third-order valence-electron chi connectivity index (χ3n) is 3.90. The molecule has 0 saturated carbocycles. The Hall–Kier alpha value is -2.60. The molecule has 2 aromatic rings. The van der Waals surface area contributed by atoms with Crippen LogP contribution in [0.25, 0.3) is 0 Å². The Morgan fingerprint density at radius 3 is 2.31 bits per heavy atom. The lowest BCUT2D eigenvalue weighted by Gasteiger charge is -2.23. The van der Waals surface area contributed by atoms with Crippen LogP contribution in [0.2, 0.25) is 0 Å². The minimum absolute atomic E-state index is 0.0542. The van der Waals surface area contributed by atoms with Crippen LogP contribution >= 0.6 is 0 Å². The van der Waals surface area contributed by atoms with Gasteiger partial charge in [-0.25, -0.2) is 13.1 Å². The molecule has 8 nitrogen and oxygen atoms in total. The smallest absolute Gasteiger partial charge is 0.433 e. The van der Waals surface area contributed by atoms with Gasteiger partial charge in [-0.3, -0.25) is 9.48 Å². The molecule has 0 unspecified atom stereocenters. The molecular formula is C17H21F3N4O4S. The first kappa shape index (κ1) is 22.7. The lowest BCUT2D eigenvalue weighted by Crippen LogP contribution is -2.30. The molecule has 1 aromatic heterocycles. The van der Waals surface area contributed by atoms with Crippen molar-refractivity contribution in [2.24, 2.45) is 0 Å². The molecule has 12 heteroatoms. The molecule has 0 fully saturated rings. The fourth-order valence-corrected chi connectivity index (χ4v) is 3.45. The summed E-state index contributed by atoms with van der Waals surface area (Å²) in [5, 5.41) is 6.05. The number of hydrogen-bond donors (Lipinski definition) is 2. The van der Waals surface area contributed by atoms with Gasteiger partial charge in [-0.05, 0) is 40.0 Å². The number of halogens is 3.